The topological polar surface area (TPSA) is 78.6 Å². The molecule has 2 aliphatic rings. The lowest BCUT2D eigenvalue weighted by atomic mass is 9.90. The minimum atomic E-state index is -0.256. The van der Waals surface area contributed by atoms with Gasteiger partial charge in [-0.05, 0) is 79.8 Å². The maximum Gasteiger partial charge on any atom is 0.270 e. The number of piperidine rings is 1. The molecule has 2 saturated heterocycles. The van der Waals surface area contributed by atoms with Crippen LogP contribution in [0.1, 0.15) is 60.4 Å². The lowest BCUT2D eigenvalue weighted by Gasteiger charge is -2.36. The zero-order chi connectivity index (χ0) is 31.9. The molecular weight excluding hydrogens is 601 g/mol. The van der Waals surface area contributed by atoms with Gasteiger partial charge in [0, 0.05) is 31.7 Å². The van der Waals surface area contributed by atoms with Crippen molar-refractivity contribution in [2.45, 2.75) is 58.9 Å². The summed E-state index contributed by atoms with van der Waals surface area (Å²) in [7, 11) is 1.64. The molecule has 3 heterocycles. The molecule has 234 valence electrons. The molecule has 3 aromatic rings. The van der Waals surface area contributed by atoms with E-state index in [1.807, 2.05) is 43.3 Å². The van der Waals surface area contributed by atoms with Crippen molar-refractivity contribution in [2.24, 2.45) is 5.92 Å². The third kappa shape index (κ3) is 7.34. The third-order valence-electron chi connectivity index (χ3n) is 8.80. The van der Waals surface area contributed by atoms with Gasteiger partial charge in [0.2, 0.25) is 0 Å². The van der Waals surface area contributed by atoms with Gasteiger partial charge < -0.3 is 9.64 Å². The number of thiocarbonyl (C=S) groups is 1. The normalized spacial score (nSPS) is 16.4. The van der Waals surface area contributed by atoms with Crippen LogP contribution in [0.25, 0.3) is 6.08 Å². The van der Waals surface area contributed by atoms with Crippen molar-refractivity contribution < 1.29 is 9.53 Å². The predicted molar refractivity (Wildman–Crippen MR) is 187 cm³/mol. The van der Waals surface area contributed by atoms with E-state index in [9.17, 15) is 14.9 Å². The maximum atomic E-state index is 13.7. The quantitative estimate of drug-likeness (QED) is 0.170. The lowest BCUT2D eigenvalue weighted by Crippen LogP contribution is -2.40. The van der Waals surface area contributed by atoms with Crippen LogP contribution in [0.4, 0.5) is 5.82 Å². The summed E-state index contributed by atoms with van der Waals surface area (Å²) in [6.45, 7) is 6.52. The molecule has 2 aliphatic heterocycles. The highest BCUT2D eigenvalue weighted by Crippen LogP contribution is 2.37. The maximum absolute atomic E-state index is 13.7. The number of ether oxygens (including phenoxy) is 1. The molecule has 0 unspecified atom stereocenters. The van der Waals surface area contributed by atoms with E-state index in [1.165, 1.54) is 17.3 Å². The Morgan fingerprint density at radius 3 is 2.40 bits per heavy atom. The largest absolute Gasteiger partial charge is 0.497 e. The summed E-state index contributed by atoms with van der Waals surface area (Å²) in [5, 5.41) is 10.1. The SMILES string of the molecule is CCCCn1c(N2CCC(Cc3ccccc3)CC2)c(C=C2SC(=S)N(CCc3ccc(OC)cc3)C2=O)c(C)c(C#N)c1=O. The molecule has 2 fully saturated rings. The van der Waals surface area contributed by atoms with Crippen LogP contribution in [0.3, 0.4) is 0 Å². The minimum absolute atomic E-state index is 0.134. The van der Waals surface area contributed by atoms with Crippen molar-refractivity contribution in [1.29, 1.82) is 5.26 Å². The fourth-order valence-electron chi connectivity index (χ4n) is 6.16. The summed E-state index contributed by atoms with van der Waals surface area (Å²) < 4.78 is 7.55. The van der Waals surface area contributed by atoms with Gasteiger partial charge in [-0.2, -0.15) is 5.26 Å². The number of carbonyl (C=O) groups is 1. The number of rotatable bonds is 11. The Morgan fingerprint density at radius 2 is 1.76 bits per heavy atom. The van der Waals surface area contributed by atoms with E-state index in [4.69, 9.17) is 17.0 Å². The van der Waals surface area contributed by atoms with Crippen LogP contribution in [0.2, 0.25) is 0 Å². The molecule has 0 atom stereocenters. The van der Waals surface area contributed by atoms with E-state index in [2.05, 4.69) is 42.2 Å². The van der Waals surface area contributed by atoms with Gasteiger partial charge in [0.25, 0.3) is 11.5 Å². The highest BCUT2D eigenvalue weighted by atomic mass is 32.2. The van der Waals surface area contributed by atoms with E-state index in [0.717, 1.165) is 67.9 Å². The number of unbranched alkanes of at least 4 members (excludes halogenated alkanes) is 1. The van der Waals surface area contributed by atoms with Crippen molar-refractivity contribution in [3.63, 3.8) is 0 Å². The molecule has 1 amide bonds. The average molecular weight is 641 g/mol. The number of nitrogens with zero attached hydrogens (tertiary/aromatic N) is 4. The first-order chi connectivity index (χ1) is 21.8. The number of benzene rings is 2. The van der Waals surface area contributed by atoms with Crippen molar-refractivity contribution >= 4 is 46.1 Å². The predicted octanol–water partition coefficient (Wildman–Crippen LogP) is 6.74. The summed E-state index contributed by atoms with van der Waals surface area (Å²) in [5.41, 5.74) is 3.69. The van der Waals surface area contributed by atoms with Crippen LogP contribution in [-0.4, -0.2) is 46.4 Å². The smallest absolute Gasteiger partial charge is 0.270 e. The molecule has 7 nitrogen and oxygen atoms in total. The number of pyridine rings is 1. The number of amides is 1. The fraction of sp³-hybridized carbons (Fsp3) is 0.389. The molecule has 2 aromatic carbocycles. The lowest BCUT2D eigenvalue weighted by molar-refractivity contribution is -0.122. The molecule has 0 spiro atoms. The van der Waals surface area contributed by atoms with E-state index < -0.39 is 0 Å². The fourth-order valence-corrected chi connectivity index (χ4v) is 7.45. The average Bonchev–Trinajstić information content (AvgIpc) is 3.33. The Kier molecular flexibility index (Phi) is 10.8. The first-order valence-corrected chi connectivity index (χ1v) is 16.9. The Labute approximate surface area is 275 Å². The monoisotopic (exact) mass is 640 g/mol. The summed E-state index contributed by atoms with van der Waals surface area (Å²) in [4.78, 5) is 31.9. The number of carbonyl (C=O) groups excluding carboxylic acids is 1. The summed E-state index contributed by atoms with van der Waals surface area (Å²) in [5.74, 6) is 2.02. The summed E-state index contributed by atoms with van der Waals surface area (Å²) >= 11 is 6.95. The van der Waals surface area contributed by atoms with Gasteiger partial charge in [-0.1, -0.05) is 79.8 Å². The second-order valence-electron chi connectivity index (χ2n) is 11.7. The Hall–Kier alpha value is -3.87. The number of hydrogen-bond acceptors (Lipinski definition) is 7. The van der Waals surface area contributed by atoms with Crippen LogP contribution < -0.4 is 15.2 Å². The van der Waals surface area contributed by atoms with E-state index >= 15 is 0 Å². The van der Waals surface area contributed by atoms with Crippen LogP contribution in [-0.2, 0) is 24.2 Å². The number of nitriles is 1. The standard InChI is InChI=1S/C36H40N4O3S2/c1-4-5-18-39-33(38-19-15-28(16-20-38)22-27-9-7-6-8-10-27)30(25(2)31(24-37)34(39)41)23-32-35(42)40(36(44)45-32)21-17-26-11-13-29(43-3)14-12-26/h6-14,23,28H,4-5,15-22H2,1-3H3. The second-order valence-corrected chi connectivity index (χ2v) is 13.4. The van der Waals surface area contributed by atoms with Crippen LogP contribution in [0, 0.1) is 24.2 Å². The second kappa shape index (κ2) is 14.9. The molecular formula is C36H40N4O3S2. The first kappa shape index (κ1) is 32.5. The van der Waals surface area contributed by atoms with Gasteiger partial charge >= 0.3 is 0 Å². The van der Waals surface area contributed by atoms with Crippen molar-refractivity contribution in [2.75, 3.05) is 31.6 Å². The van der Waals surface area contributed by atoms with Crippen LogP contribution >= 0.6 is 24.0 Å². The van der Waals surface area contributed by atoms with Gasteiger partial charge in [0.15, 0.2) is 0 Å². The number of anilines is 1. The Bertz CT molecular complexity index is 1670. The van der Waals surface area contributed by atoms with Gasteiger partial charge in [0.05, 0.1) is 12.0 Å². The van der Waals surface area contributed by atoms with E-state index in [0.29, 0.717) is 40.2 Å². The van der Waals surface area contributed by atoms with Crippen LogP contribution in [0.5, 0.6) is 5.75 Å². The molecule has 0 saturated carbocycles. The molecule has 0 aliphatic carbocycles. The van der Waals surface area contributed by atoms with E-state index in [1.54, 1.807) is 16.6 Å². The van der Waals surface area contributed by atoms with Crippen molar-refractivity contribution in [1.82, 2.24) is 9.47 Å². The minimum Gasteiger partial charge on any atom is -0.497 e. The molecule has 1 aromatic heterocycles. The molecule has 5 rings (SSSR count). The molecule has 9 heteroatoms. The van der Waals surface area contributed by atoms with Crippen molar-refractivity contribution in [3.8, 4) is 11.8 Å². The number of hydrogen-bond donors (Lipinski definition) is 0. The Balaban J connectivity index is 1.45. The molecule has 0 N–H and O–H groups in total. The number of methoxy groups -OCH3 is 1. The Morgan fingerprint density at radius 1 is 1.04 bits per heavy atom. The highest BCUT2D eigenvalue weighted by Gasteiger charge is 2.33. The van der Waals surface area contributed by atoms with Gasteiger partial charge in [-0.25, -0.2) is 0 Å². The first-order valence-electron chi connectivity index (χ1n) is 15.7. The van der Waals surface area contributed by atoms with Crippen LogP contribution in [0.15, 0.2) is 64.3 Å². The summed E-state index contributed by atoms with van der Waals surface area (Å²) in [6, 6.07) is 20.6. The van der Waals surface area contributed by atoms with Gasteiger partial charge in [0.1, 0.15) is 27.5 Å². The van der Waals surface area contributed by atoms with Gasteiger partial charge in [-0.3, -0.25) is 19.1 Å². The molecule has 0 radical (unpaired) electrons. The van der Waals surface area contributed by atoms with E-state index in [-0.39, 0.29) is 17.0 Å². The molecule has 45 heavy (non-hydrogen) atoms. The number of thioether (sulfide) groups is 1. The zero-order valence-electron chi connectivity index (χ0n) is 26.3. The highest BCUT2D eigenvalue weighted by molar-refractivity contribution is 8.26. The summed E-state index contributed by atoms with van der Waals surface area (Å²) in [6.07, 6.45) is 7.31. The molecule has 0 bridgehead atoms. The van der Waals surface area contributed by atoms with Crippen molar-refractivity contribution in [3.05, 3.63) is 97.7 Å². The third-order valence-corrected chi connectivity index (χ3v) is 10.2. The zero-order valence-corrected chi connectivity index (χ0v) is 27.9. The number of aromatic nitrogens is 1. The van der Waals surface area contributed by atoms with Gasteiger partial charge in [-0.15, -0.1) is 0 Å².